The molecule has 0 aliphatic heterocycles. The van der Waals surface area contributed by atoms with Crippen molar-refractivity contribution in [2.75, 3.05) is 39.5 Å². The van der Waals surface area contributed by atoms with Crippen LogP contribution in [0.2, 0.25) is 0 Å². The summed E-state index contributed by atoms with van der Waals surface area (Å²) in [6.07, 6.45) is 2.10. The summed E-state index contributed by atoms with van der Waals surface area (Å²) >= 11 is 0. The number of nitrogens with one attached hydrogen (secondary N) is 1. The van der Waals surface area contributed by atoms with Gasteiger partial charge in [-0.1, -0.05) is 0 Å². The smallest absolute Gasteiger partial charge is 0.220 e. The quantitative estimate of drug-likeness (QED) is 0.411. The first-order chi connectivity index (χ1) is 8.81. The summed E-state index contributed by atoms with van der Waals surface area (Å²) in [5.41, 5.74) is 5.26. The zero-order valence-electron chi connectivity index (χ0n) is 11.2. The van der Waals surface area contributed by atoms with Crippen molar-refractivity contribution in [3.63, 3.8) is 0 Å². The molecule has 0 unspecified atom stereocenters. The lowest BCUT2D eigenvalue weighted by Gasteiger charge is -2.06. The fourth-order valence-electron chi connectivity index (χ4n) is 1.22. The van der Waals surface area contributed by atoms with E-state index in [-0.39, 0.29) is 5.91 Å². The van der Waals surface area contributed by atoms with E-state index in [1.165, 1.54) is 0 Å². The van der Waals surface area contributed by atoms with Crippen LogP contribution in [0, 0.1) is 11.8 Å². The molecule has 18 heavy (non-hydrogen) atoms. The molecule has 0 aromatic rings. The number of carbonyl (C=O) groups excluding carboxylic acids is 1. The lowest BCUT2D eigenvalue weighted by Crippen LogP contribution is -2.27. The molecular weight excluding hydrogens is 232 g/mol. The summed E-state index contributed by atoms with van der Waals surface area (Å²) in [5, 5.41) is 2.79. The van der Waals surface area contributed by atoms with Crippen LogP contribution in [-0.2, 0) is 14.3 Å². The lowest BCUT2D eigenvalue weighted by molar-refractivity contribution is -0.121. The Hall–Kier alpha value is -1.09. The summed E-state index contributed by atoms with van der Waals surface area (Å²) in [4.78, 5) is 11.3. The molecule has 0 aromatic carbocycles. The zero-order valence-corrected chi connectivity index (χ0v) is 11.2. The second-order valence-corrected chi connectivity index (χ2v) is 3.64. The van der Waals surface area contributed by atoms with Gasteiger partial charge in [0.05, 0.1) is 26.4 Å². The fourth-order valence-corrected chi connectivity index (χ4v) is 1.22. The Morgan fingerprint density at radius 3 is 2.61 bits per heavy atom. The Bertz CT molecular complexity index is 259. The van der Waals surface area contributed by atoms with Gasteiger partial charge < -0.3 is 20.5 Å². The van der Waals surface area contributed by atoms with Gasteiger partial charge in [0.2, 0.25) is 5.91 Å². The fraction of sp³-hybridized carbons (Fsp3) is 0.769. The van der Waals surface area contributed by atoms with E-state index in [0.717, 1.165) is 12.8 Å². The van der Waals surface area contributed by atoms with Crippen LogP contribution in [0.15, 0.2) is 0 Å². The highest BCUT2D eigenvalue weighted by Gasteiger charge is 1.99. The maximum absolute atomic E-state index is 11.3. The minimum Gasteiger partial charge on any atom is -0.378 e. The van der Waals surface area contributed by atoms with E-state index >= 15 is 0 Å². The topological polar surface area (TPSA) is 73.6 Å². The highest BCUT2D eigenvalue weighted by atomic mass is 16.5. The first-order valence-electron chi connectivity index (χ1n) is 6.33. The number of unbranched alkanes of at least 4 members (excludes halogenated alkanes) is 1. The van der Waals surface area contributed by atoms with Gasteiger partial charge in [-0.25, -0.2) is 0 Å². The van der Waals surface area contributed by atoms with Crippen LogP contribution in [0.5, 0.6) is 0 Å². The second kappa shape index (κ2) is 14.0. The lowest BCUT2D eigenvalue weighted by atomic mass is 10.2. The predicted octanol–water partition coefficient (Wildman–Crippen LogP) is 0.288. The molecule has 0 saturated carbocycles. The molecule has 0 atom stereocenters. The van der Waals surface area contributed by atoms with Crippen molar-refractivity contribution in [2.24, 2.45) is 5.73 Å². The normalized spacial score (nSPS) is 9.67. The number of hydrogen-bond acceptors (Lipinski definition) is 4. The van der Waals surface area contributed by atoms with Crippen molar-refractivity contribution < 1.29 is 14.3 Å². The molecule has 1 amide bonds. The number of carbonyl (C=O) groups is 1. The highest BCUT2D eigenvalue weighted by molar-refractivity contribution is 5.75. The Balaban J connectivity index is 3.16. The van der Waals surface area contributed by atoms with Gasteiger partial charge in [-0.3, -0.25) is 4.79 Å². The standard InChI is InChI=1S/C13H24N2O3/c1-2-3-4-5-6-13(16)15-8-10-18-12-11-17-9-7-14/h4-12,14H2,1H3,(H,15,16). The van der Waals surface area contributed by atoms with Crippen LogP contribution in [0.3, 0.4) is 0 Å². The minimum atomic E-state index is 0.0517. The van der Waals surface area contributed by atoms with Crippen molar-refractivity contribution in [1.82, 2.24) is 5.32 Å². The third kappa shape index (κ3) is 13.0. The molecule has 3 N–H and O–H groups in total. The molecule has 0 saturated heterocycles. The van der Waals surface area contributed by atoms with Crippen molar-refractivity contribution in [3.05, 3.63) is 0 Å². The van der Waals surface area contributed by atoms with Gasteiger partial charge in [0.25, 0.3) is 0 Å². The van der Waals surface area contributed by atoms with E-state index in [2.05, 4.69) is 17.2 Å². The first-order valence-corrected chi connectivity index (χ1v) is 6.33. The molecule has 0 radical (unpaired) electrons. The summed E-state index contributed by atoms with van der Waals surface area (Å²) < 4.78 is 10.4. The number of amides is 1. The Labute approximate surface area is 109 Å². The number of nitrogens with two attached hydrogens (primary N) is 1. The van der Waals surface area contributed by atoms with Gasteiger partial charge in [0.15, 0.2) is 0 Å². The second-order valence-electron chi connectivity index (χ2n) is 3.64. The van der Waals surface area contributed by atoms with Crippen molar-refractivity contribution in [1.29, 1.82) is 0 Å². The Morgan fingerprint density at radius 1 is 1.22 bits per heavy atom. The van der Waals surface area contributed by atoms with E-state index in [0.29, 0.717) is 45.9 Å². The molecule has 0 fully saturated rings. The monoisotopic (exact) mass is 256 g/mol. The van der Waals surface area contributed by atoms with Crippen LogP contribution < -0.4 is 11.1 Å². The van der Waals surface area contributed by atoms with Gasteiger partial charge in [-0.15, -0.1) is 11.8 Å². The average Bonchev–Trinajstić information content (AvgIpc) is 2.38. The van der Waals surface area contributed by atoms with Crippen LogP contribution in [0.4, 0.5) is 0 Å². The molecule has 104 valence electrons. The van der Waals surface area contributed by atoms with Crippen LogP contribution >= 0.6 is 0 Å². The third-order valence-electron chi connectivity index (χ3n) is 2.09. The number of ether oxygens (including phenoxy) is 2. The molecule has 0 bridgehead atoms. The van der Waals surface area contributed by atoms with Crippen molar-refractivity contribution in [3.8, 4) is 11.8 Å². The maximum Gasteiger partial charge on any atom is 0.220 e. The van der Waals surface area contributed by atoms with Crippen molar-refractivity contribution in [2.45, 2.75) is 26.2 Å². The number of hydrogen-bond donors (Lipinski definition) is 2. The van der Waals surface area contributed by atoms with E-state index in [1.54, 1.807) is 6.92 Å². The van der Waals surface area contributed by atoms with E-state index in [4.69, 9.17) is 15.2 Å². The maximum atomic E-state index is 11.3. The summed E-state index contributed by atoms with van der Waals surface area (Å²) in [6, 6.07) is 0. The molecular formula is C13H24N2O3. The molecule has 5 heteroatoms. The predicted molar refractivity (Wildman–Crippen MR) is 71.0 cm³/mol. The minimum absolute atomic E-state index is 0.0517. The van der Waals surface area contributed by atoms with E-state index in [1.807, 2.05) is 0 Å². The molecule has 0 aromatic heterocycles. The van der Waals surface area contributed by atoms with Gasteiger partial charge in [0.1, 0.15) is 0 Å². The SMILES string of the molecule is CC#CCCCC(=O)NCCOCCOCCN. The third-order valence-corrected chi connectivity index (χ3v) is 2.09. The van der Waals surface area contributed by atoms with Gasteiger partial charge >= 0.3 is 0 Å². The Morgan fingerprint density at radius 2 is 1.94 bits per heavy atom. The van der Waals surface area contributed by atoms with Crippen LogP contribution in [0.25, 0.3) is 0 Å². The number of rotatable bonds is 11. The zero-order chi connectivity index (χ0) is 13.5. The Kier molecular flexibility index (Phi) is 13.1. The van der Waals surface area contributed by atoms with Gasteiger partial charge in [-0.05, 0) is 13.3 Å². The molecule has 0 spiro atoms. The molecule has 0 heterocycles. The summed E-state index contributed by atoms with van der Waals surface area (Å²) in [7, 11) is 0. The largest absolute Gasteiger partial charge is 0.378 e. The molecule has 0 aliphatic rings. The van der Waals surface area contributed by atoms with Crippen LogP contribution in [-0.4, -0.2) is 45.4 Å². The van der Waals surface area contributed by atoms with E-state index < -0.39 is 0 Å². The highest BCUT2D eigenvalue weighted by Crippen LogP contribution is 1.93. The summed E-state index contributed by atoms with van der Waals surface area (Å²) in [6.45, 7) is 5.00. The summed E-state index contributed by atoms with van der Waals surface area (Å²) in [5.74, 6) is 5.78. The van der Waals surface area contributed by atoms with E-state index in [9.17, 15) is 4.79 Å². The molecule has 5 nitrogen and oxygen atoms in total. The molecule has 0 aliphatic carbocycles. The van der Waals surface area contributed by atoms with Gasteiger partial charge in [0, 0.05) is 25.9 Å². The first kappa shape index (κ1) is 16.9. The van der Waals surface area contributed by atoms with Gasteiger partial charge in [-0.2, -0.15) is 0 Å². The average molecular weight is 256 g/mol. The molecule has 0 rings (SSSR count). The van der Waals surface area contributed by atoms with Crippen LogP contribution in [0.1, 0.15) is 26.2 Å². The van der Waals surface area contributed by atoms with Crippen molar-refractivity contribution >= 4 is 5.91 Å².